The van der Waals surface area contributed by atoms with Gasteiger partial charge in [-0.25, -0.2) is 0 Å². The van der Waals surface area contributed by atoms with Crippen molar-refractivity contribution in [3.63, 3.8) is 0 Å². The van der Waals surface area contributed by atoms with Crippen LogP contribution in [0.1, 0.15) is 42.7 Å². The Bertz CT molecular complexity index is 943. The third-order valence-electron chi connectivity index (χ3n) is 6.70. The van der Waals surface area contributed by atoms with E-state index < -0.39 is 0 Å². The summed E-state index contributed by atoms with van der Waals surface area (Å²) < 4.78 is 11.0. The van der Waals surface area contributed by atoms with Crippen molar-refractivity contribution in [2.75, 3.05) is 27.3 Å². The molecule has 4 rings (SSSR count). The summed E-state index contributed by atoms with van der Waals surface area (Å²) >= 11 is 0. The quantitative estimate of drug-likeness (QED) is 0.720. The average molecular weight is 438 g/mol. The lowest BCUT2D eigenvalue weighted by Gasteiger charge is -2.21. The first-order chi connectivity index (χ1) is 15.6. The van der Waals surface area contributed by atoms with Crippen LogP contribution >= 0.6 is 0 Å². The summed E-state index contributed by atoms with van der Waals surface area (Å²) in [6.45, 7) is 1.32. The van der Waals surface area contributed by atoms with Crippen LogP contribution in [0, 0.1) is 11.8 Å². The number of nitrogens with zero attached hydrogens (tertiary/aromatic N) is 2. The van der Waals surface area contributed by atoms with Crippen molar-refractivity contribution in [1.82, 2.24) is 15.2 Å². The third-order valence-corrected chi connectivity index (χ3v) is 6.70. The molecule has 2 heterocycles. The van der Waals surface area contributed by atoms with Crippen LogP contribution in [0.3, 0.4) is 0 Å². The van der Waals surface area contributed by atoms with Crippen molar-refractivity contribution in [3.05, 3.63) is 53.9 Å². The number of hydrogen-bond donors (Lipinski definition) is 1. The Morgan fingerprint density at radius 2 is 1.94 bits per heavy atom. The molecular formula is C25H31N3O4. The van der Waals surface area contributed by atoms with Gasteiger partial charge < -0.3 is 19.7 Å². The summed E-state index contributed by atoms with van der Waals surface area (Å²) in [7, 11) is 3.24. The number of carbonyl (C=O) groups excluding carboxylic acids is 2. The van der Waals surface area contributed by atoms with Crippen molar-refractivity contribution in [1.29, 1.82) is 0 Å². The highest BCUT2D eigenvalue weighted by atomic mass is 16.5. The second kappa shape index (κ2) is 10.0. The van der Waals surface area contributed by atoms with Crippen molar-refractivity contribution < 1.29 is 19.1 Å². The molecule has 1 aromatic heterocycles. The molecule has 2 atom stereocenters. The zero-order valence-electron chi connectivity index (χ0n) is 18.8. The second-order valence-corrected chi connectivity index (χ2v) is 8.62. The van der Waals surface area contributed by atoms with Gasteiger partial charge in [0, 0.05) is 49.4 Å². The minimum Gasteiger partial charge on any atom is -0.497 e. The van der Waals surface area contributed by atoms with E-state index in [4.69, 9.17) is 9.47 Å². The maximum Gasteiger partial charge on any atom is 0.225 e. The van der Waals surface area contributed by atoms with Gasteiger partial charge in [-0.15, -0.1) is 0 Å². The van der Waals surface area contributed by atoms with E-state index >= 15 is 0 Å². The van der Waals surface area contributed by atoms with Crippen LogP contribution in [0.2, 0.25) is 0 Å². The molecule has 1 aromatic carbocycles. The molecule has 0 bridgehead atoms. The first-order valence-electron chi connectivity index (χ1n) is 11.3. The number of methoxy groups -OCH3 is 2. The van der Waals surface area contributed by atoms with E-state index in [0.717, 1.165) is 36.8 Å². The number of carbonyl (C=O) groups is 2. The monoisotopic (exact) mass is 437 g/mol. The lowest BCUT2D eigenvalue weighted by Crippen LogP contribution is -2.36. The molecule has 2 fully saturated rings. The number of pyridine rings is 1. The van der Waals surface area contributed by atoms with E-state index in [1.165, 1.54) is 0 Å². The second-order valence-electron chi connectivity index (χ2n) is 8.62. The smallest absolute Gasteiger partial charge is 0.225 e. The summed E-state index contributed by atoms with van der Waals surface area (Å²) in [5.41, 5.74) is 1.84. The molecule has 1 N–H and O–H groups in total. The minimum absolute atomic E-state index is 0.0644. The van der Waals surface area contributed by atoms with Gasteiger partial charge in [0.25, 0.3) is 0 Å². The molecule has 7 nitrogen and oxygen atoms in total. The zero-order chi connectivity index (χ0) is 22.5. The molecular weight excluding hydrogens is 406 g/mol. The van der Waals surface area contributed by atoms with Crippen molar-refractivity contribution >= 4 is 11.8 Å². The molecule has 7 heteroatoms. The van der Waals surface area contributed by atoms with Crippen molar-refractivity contribution in [2.45, 2.75) is 38.1 Å². The molecule has 0 radical (unpaired) electrons. The van der Waals surface area contributed by atoms with Crippen LogP contribution in [0.5, 0.6) is 11.5 Å². The Kier molecular flexibility index (Phi) is 6.93. The molecule has 2 unspecified atom stereocenters. The van der Waals surface area contributed by atoms with Crippen LogP contribution in [0.15, 0.2) is 42.7 Å². The maximum absolute atomic E-state index is 13.3. The van der Waals surface area contributed by atoms with Gasteiger partial charge in [-0.1, -0.05) is 18.9 Å². The first-order valence-corrected chi connectivity index (χ1v) is 11.3. The van der Waals surface area contributed by atoms with Gasteiger partial charge in [-0.05, 0) is 42.7 Å². The van der Waals surface area contributed by atoms with Gasteiger partial charge in [0.15, 0.2) is 0 Å². The van der Waals surface area contributed by atoms with Gasteiger partial charge in [0.1, 0.15) is 11.5 Å². The van der Waals surface area contributed by atoms with E-state index in [2.05, 4.69) is 10.3 Å². The van der Waals surface area contributed by atoms with Crippen LogP contribution < -0.4 is 14.8 Å². The molecule has 0 spiro atoms. The fourth-order valence-electron chi connectivity index (χ4n) is 4.95. The number of rotatable bonds is 7. The highest BCUT2D eigenvalue weighted by molar-refractivity contribution is 5.84. The number of likely N-dealkylation sites (tertiary alicyclic amines) is 1. The van der Waals surface area contributed by atoms with E-state index in [0.29, 0.717) is 31.1 Å². The molecule has 1 aliphatic carbocycles. The van der Waals surface area contributed by atoms with E-state index in [9.17, 15) is 9.59 Å². The molecule has 2 aromatic rings. The van der Waals surface area contributed by atoms with Gasteiger partial charge in [-0.3, -0.25) is 14.6 Å². The lowest BCUT2D eigenvalue weighted by molar-refractivity contribution is -0.134. The van der Waals surface area contributed by atoms with E-state index in [-0.39, 0.29) is 29.6 Å². The number of amides is 2. The maximum atomic E-state index is 13.3. The fraction of sp³-hybridized carbons (Fsp3) is 0.480. The molecule has 2 aliphatic rings. The molecule has 32 heavy (non-hydrogen) atoms. The van der Waals surface area contributed by atoms with Gasteiger partial charge >= 0.3 is 0 Å². The first kappa shape index (κ1) is 22.1. The summed E-state index contributed by atoms with van der Waals surface area (Å²) in [5.74, 6) is 1.08. The number of ether oxygens (including phenoxy) is 2. The predicted molar refractivity (Wildman–Crippen MR) is 120 cm³/mol. The normalized spacial score (nSPS) is 20.9. The highest BCUT2D eigenvalue weighted by Gasteiger charge is 2.43. The SMILES string of the molecule is COc1ccc(OC)c(C2CN(C(=O)C3CCCC3)CC2C(=O)NCc2cccnc2)c1. The summed E-state index contributed by atoms with van der Waals surface area (Å²) in [6, 6.07) is 9.41. The molecule has 2 amide bonds. The Morgan fingerprint density at radius 3 is 2.62 bits per heavy atom. The number of benzene rings is 1. The largest absolute Gasteiger partial charge is 0.497 e. The Hall–Kier alpha value is -3.09. The van der Waals surface area contributed by atoms with Gasteiger partial charge in [-0.2, -0.15) is 0 Å². The van der Waals surface area contributed by atoms with Gasteiger partial charge in [0.2, 0.25) is 11.8 Å². The number of hydrogen-bond acceptors (Lipinski definition) is 5. The summed E-state index contributed by atoms with van der Waals surface area (Å²) in [4.78, 5) is 32.5. The topological polar surface area (TPSA) is 80.8 Å². The van der Waals surface area contributed by atoms with E-state index in [1.54, 1.807) is 26.6 Å². The predicted octanol–water partition coefficient (Wildman–Crippen LogP) is 3.15. The Balaban J connectivity index is 1.58. The standard InChI is InChI=1S/C25H31N3O4/c1-31-19-9-10-23(32-2)20(12-19)21-15-28(25(30)18-7-3-4-8-18)16-22(21)24(29)27-14-17-6-5-11-26-13-17/h5-6,9-13,18,21-22H,3-4,7-8,14-16H2,1-2H3,(H,27,29). The average Bonchev–Trinajstić information content (AvgIpc) is 3.53. The number of nitrogens with one attached hydrogen (secondary N) is 1. The Labute approximate surface area is 189 Å². The van der Waals surface area contributed by atoms with Gasteiger partial charge in [0.05, 0.1) is 20.1 Å². The van der Waals surface area contributed by atoms with Crippen LogP contribution in [0.25, 0.3) is 0 Å². The van der Waals surface area contributed by atoms with Crippen LogP contribution in [-0.4, -0.2) is 49.0 Å². The van der Waals surface area contributed by atoms with Crippen LogP contribution in [-0.2, 0) is 16.1 Å². The van der Waals surface area contributed by atoms with Crippen LogP contribution in [0.4, 0.5) is 0 Å². The molecule has 1 saturated heterocycles. The zero-order valence-corrected chi connectivity index (χ0v) is 18.8. The molecule has 170 valence electrons. The Morgan fingerprint density at radius 1 is 1.12 bits per heavy atom. The molecule has 1 aliphatic heterocycles. The summed E-state index contributed by atoms with van der Waals surface area (Å²) in [5, 5.41) is 3.05. The highest BCUT2D eigenvalue weighted by Crippen LogP contribution is 2.40. The fourth-order valence-corrected chi connectivity index (χ4v) is 4.95. The van der Waals surface area contributed by atoms with Crippen molar-refractivity contribution in [3.8, 4) is 11.5 Å². The minimum atomic E-state index is -0.363. The summed E-state index contributed by atoms with van der Waals surface area (Å²) in [6.07, 6.45) is 7.55. The number of aromatic nitrogens is 1. The third kappa shape index (κ3) is 4.71. The molecule has 1 saturated carbocycles. The lowest BCUT2D eigenvalue weighted by atomic mass is 9.87. The van der Waals surface area contributed by atoms with E-state index in [1.807, 2.05) is 35.2 Å². The van der Waals surface area contributed by atoms with Crippen molar-refractivity contribution in [2.24, 2.45) is 11.8 Å².